The number of hydrogen-bond acceptors (Lipinski definition) is 3. The molecule has 3 rings (SSSR count). The van der Waals surface area contributed by atoms with E-state index in [0.717, 1.165) is 33.8 Å². The highest BCUT2D eigenvalue weighted by molar-refractivity contribution is 5.91. The topological polar surface area (TPSA) is 37.8 Å². The van der Waals surface area contributed by atoms with Crippen LogP contribution in [0.4, 0.5) is 11.4 Å². The number of nitrogens with one attached hydrogen (secondary N) is 1. The molecule has 3 heteroatoms. The lowest BCUT2D eigenvalue weighted by Crippen LogP contribution is -1.97. The van der Waals surface area contributed by atoms with Gasteiger partial charge < -0.3 is 5.32 Å². The number of pyridine rings is 2. The third kappa shape index (κ3) is 2.72. The minimum absolute atomic E-state index is 0.793. The molecular weight excluding hydrogens is 258 g/mol. The molecule has 0 aliphatic heterocycles. The smallest absolute Gasteiger partial charge is 0.161 e. The first kappa shape index (κ1) is 13.6. The Labute approximate surface area is 125 Å². The Hall–Kier alpha value is -2.42. The van der Waals surface area contributed by atoms with E-state index in [1.807, 2.05) is 19.9 Å². The van der Waals surface area contributed by atoms with Crippen molar-refractivity contribution in [1.29, 1.82) is 0 Å². The summed E-state index contributed by atoms with van der Waals surface area (Å²) in [5.41, 5.74) is 7.46. The molecule has 2 aromatic heterocycles. The van der Waals surface area contributed by atoms with Crippen LogP contribution in [-0.4, -0.2) is 9.97 Å². The molecule has 0 fully saturated rings. The van der Waals surface area contributed by atoms with Crippen LogP contribution in [0.1, 0.15) is 22.5 Å². The fraction of sp³-hybridized carbons (Fsp3) is 0.222. The van der Waals surface area contributed by atoms with E-state index in [1.54, 1.807) is 0 Å². The summed E-state index contributed by atoms with van der Waals surface area (Å²) in [7, 11) is 0. The van der Waals surface area contributed by atoms with Gasteiger partial charge in [0.15, 0.2) is 5.65 Å². The molecule has 0 saturated heterocycles. The van der Waals surface area contributed by atoms with Gasteiger partial charge in [-0.25, -0.2) is 9.97 Å². The summed E-state index contributed by atoms with van der Waals surface area (Å²) < 4.78 is 0. The molecule has 0 spiro atoms. The first-order chi connectivity index (χ1) is 10.0. The summed E-state index contributed by atoms with van der Waals surface area (Å²) in [5, 5.41) is 4.54. The van der Waals surface area contributed by atoms with Crippen molar-refractivity contribution in [3.63, 3.8) is 0 Å². The van der Waals surface area contributed by atoms with Crippen LogP contribution in [0, 0.1) is 27.7 Å². The second kappa shape index (κ2) is 5.17. The lowest BCUT2D eigenvalue weighted by Gasteiger charge is -2.12. The predicted octanol–water partition coefficient (Wildman–Crippen LogP) is 4.61. The summed E-state index contributed by atoms with van der Waals surface area (Å²) in [6, 6.07) is 12.6. The van der Waals surface area contributed by atoms with Crippen molar-refractivity contribution in [3.05, 3.63) is 58.9 Å². The van der Waals surface area contributed by atoms with Crippen LogP contribution in [0.25, 0.3) is 11.0 Å². The Morgan fingerprint density at radius 2 is 1.52 bits per heavy atom. The zero-order chi connectivity index (χ0) is 15.0. The van der Waals surface area contributed by atoms with E-state index in [2.05, 4.69) is 59.5 Å². The van der Waals surface area contributed by atoms with Crippen molar-refractivity contribution >= 4 is 22.4 Å². The summed E-state index contributed by atoms with van der Waals surface area (Å²) in [6.07, 6.45) is 0. The number of fused-ring (bicyclic) bond motifs is 1. The molecule has 3 nitrogen and oxygen atoms in total. The summed E-state index contributed by atoms with van der Waals surface area (Å²) in [6.45, 7) is 8.23. The van der Waals surface area contributed by atoms with Crippen molar-refractivity contribution in [2.75, 3.05) is 5.32 Å². The van der Waals surface area contributed by atoms with Gasteiger partial charge in [0, 0.05) is 22.5 Å². The minimum atomic E-state index is 0.793. The second-order valence-corrected chi connectivity index (χ2v) is 5.56. The van der Waals surface area contributed by atoms with Gasteiger partial charge in [-0.2, -0.15) is 0 Å². The highest BCUT2D eigenvalue weighted by atomic mass is 14.9. The van der Waals surface area contributed by atoms with Gasteiger partial charge in [-0.15, -0.1) is 0 Å². The summed E-state index contributed by atoms with van der Waals surface area (Å²) in [5.74, 6) is 0. The van der Waals surface area contributed by atoms with E-state index in [-0.39, 0.29) is 0 Å². The van der Waals surface area contributed by atoms with Gasteiger partial charge in [-0.1, -0.05) is 6.07 Å². The van der Waals surface area contributed by atoms with Crippen molar-refractivity contribution in [2.45, 2.75) is 27.7 Å². The fourth-order valence-corrected chi connectivity index (χ4v) is 2.40. The molecule has 0 unspecified atom stereocenters. The largest absolute Gasteiger partial charge is 0.355 e. The third-order valence-electron chi connectivity index (χ3n) is 3.73. The van der Waals surface area contributed by atoms with E-state index in [1.165, 1.54) is 11.1 Å². The number of anilines is 2. The van der Waals surface area contributed by atoms with E-state index in [4.69, 9.17) is 0 Å². The highest BCUT2D eigenvalue weighted by Crippen LogP contribution is 2.26. The van der Waals surface area contributed by atoms with Gasteiger partial charge in [0.2, 0.25) is 0 Å². The van der Waals surface area contributed by atoms with E-state index in [0.29, 0.717) is 0 Å². The van der Waals surface area contributed by atoms with Crippen molar-refractivity contribution in [1.82, 2.24) is 9.97 Å². The zero-order valence-electron chi connectivity index (χ0n) is 12.9. The van der Waals surface area contributed by atoms with Crippen LogP contribution in [-0.2, 0) is 0 Å². The lowest BCUT2D eigenvalue weighted by molar-refractivity contribution is 1.16. The first-order valence-electron chi connectivity index (χ1n) is 7.12. The molecule has 0 amide bonds. The van der Waals surface area contributed by atoms with Gasteiger partial charge in [-0.05, 0) is 69.2 Å². The molecule has 0 saturated carbocycles. The normalized spacial score (nSPS) is 10.9. The maximum atomic E-state index is 4.52. The number of aryl methyl sites for hydroxylation is 4. The first-order valence-corrected chi connectivity index (χ1v) is 7.12. The average molecular weight is 277 g/mol. The van der Waals surface area contributed by atoms with Crippen LogP contribution >= 0.6 is 0 Å². The van der Waals surface area contributed by atoms with Crippen molar-refractivity contribution in [3.8, 4) is 0 Å². The van der Waals surface area contributed by atoms with Gasteiger partial charge in [0.25, 0.3) is 0 Å². The predicted molar refractivity (Wildman–Crippen MR) is 88.2 cm³/mol. The fourth-order valence-electron chi connectivity index (χ4n) is 2.40. The van der Waals surface area contributed by atoms with Crippen LogP contribution < -0.4 is 5.32 Å². The van der Waals surface area contributed by atoms with E-state index in [9.17, 15) is 0 Å². The molecule has 1 aromatic carbocycles. The number of hydrogen-bond donors (Lipinski definition) is 1. The standard InChI is InChI=1S/C18H19N3/c1-11-5-7-15(9-12(11)2)21-17-10-14(4)20-18-16(17)8-6-13(3)19-18/h5-10H,1-4H3,(H,19,20,21). The van der Waals surface area contributed by atoms with Crippen molar-refractivity contribution < 1.29 is 0 Å². The average Bonchev–Trinajstić information content (AvgIpc) is 2.42. The van der Waals surface area contributed by atoms with Gasteiger partial charge in [0.1, 0.15) is 0 Å². The molecule has 0 bridgehead atoms. The van der Waals surface area contributed by atoms with Crippen LogP contribution in [0.15, 0.2) is 36.4 Å². The minimum Gasteiger partial charge on any atom is -0.355 e. The van der Waals surface area contributed by atoms with Crippen molar-refractivity contribution in [2.24, 2.45) is 0 Å². The molecule has 2 heterocycles. The molecular formula is C18H19N3. The Morgan fingerprint density at radius 1 is 0.762 bits per heavy atom. The molecule has 0 aliphatic rings. The molecule has 0 aliphatic carbocycles. The number of rotatable bonds is 2. The zero-order valence-corrected chi connectivity index (χ0v) is 12.9. The quantitative estimate of drug-likeness (QED) is 0.743. The van der Waals surface area contributed by atoms with Gasteiger partial charge >= 0.3 is 0 Å². The molecule has 21 heavy (non-hydrogen) atoms. The lowest BCUT2D eigenvalue weighted by atomic mass is 10.1. The Bertz CT molecular complexity index is 817. The Kier molecular flexibility index (Phi) is 3.34. The molecule has 106 valence electrons. The molecule has 3 aromatic rings. The van der Waals surface area contributed by atoms with Gasteiger partial charge in [0.05, 0.1) is 5.69 Å². The molecule has 0 radical (unpaired) electrons. The van der Waals surface area contributed by atoms with E-state index >= 15 is 0 Å². The van der Waals surface area contributed by atoms with Crippen LogP contribution in [0.5, 0.6) is 0 Å². The third-order valence-corrected chi connectivity index (χ3v) is 3.73. The number of nitrogens with zero attached hydrogens (tertiary/aromatic N) is 2. The molecule has 1 N–H and O–H groups in total. The van der Waals surface area contributed by atoms with Crippen LogP contribution in [0.3, 0.4) is 0 Å². The molecule has 0 atom stereocenters. The second-order valence-electron chi connectivity index (χ2n) is 5.56. The van der Waals surface area contributed by atoms with Gasteiger partial charge in [-0.3, -0.25) is 0 Å². The Balaban J connectivity index is 2.09. The summed E-state index contributed by atoms with van der Waals surface area (Å²) in [4.78, 5) is 9.04. The number of benzene rings is 1. The van der Waals surface area contributed by atoms with E-state index < -0.39 is 0 Å². The maximum absolute atomic E-state index is 4.52. The van der Waals surface area contributed by atoms with Crippen LogP contribution in [0.2, 0.25) is 0 Å². The SMILES string of the molecule is Cc1ccc2c(Nc3ccc(C)c(C)c3)cc(C)nc2n1. The number of aromatic nitrogens is 2. The Morgan fingerprint density at radius 3 is 2.29 bits per heavy atom. The monoisotopic (exact) mass is 277 g/mol. The highest BCUT2D eigenvalue weighted by Gasteiger charge is 2.06. The summed E-state index contributed by atoms with van der Waals surface area (Å²) >= 11 is 0. The maximum Gasteiger partial charge on any atom is 0.161 e.